The Hall–Kier alpha value is -1.94. The third-order valence-electron chi connectivity index (χ3n) is 3.36. The van der Waals surface area contributed by atoms with Crippen LogP contribution in [0.4, 0.5) is 5.69 Å². The second kappa shape index (κ2) is 5.36. The van der Waals surface area contributed by atoms with Gasteiger partial charge in [-0.1, -0.05) is 19.1 Å². The molecule has 4 nitrogen and oxygen atoms in total. The predicted octanol–water partition coefficient (Wildman–Crippen LogP) is 2.01. The molecule has 1 heterocycles. The lowest BCUT2D eigenvalue weighted by Gasteiger charge is -2.16. The molecule has 0 bridgehead atoms. The number of carbonyl (C=O) groups is 2. The first-order valence-corrected chi connectivity index (χ1v) is 6.42. The fraction of sp³-hybridized carbons (Fsp3) is 0.333. The molecule has 1 aromatic carbocycles. The van der Waals surface area contributed by atoms with Gasteiger partial charge in [-0.25, -0.2) is 4.90 Å². The Morgan fingerprint density at radius 3 is 2.32 bits per heavy atom. The molecule has 0 atom stereocenters. The van der Waals surface area contributed by atoms with Crippen molar-refractivity contribution in [1.82, 2.24) is 5.32 Å². The molecule has 0 aromatic heterocycles. The zero-order valence-electron chi connectivity index (χ0n) is 11.5. The van der Waals surface area contributed by atoms with Gasteiger partial charge in [0.2, 0.25) is 0 Å². The molecule has 0 unspecified atom stereocenters. The number of amides is 2. The predicted molar refractivity (Wildman–Crippen MR) is 74.7 cm³/mol. The summed E-state index contributed by atoms with van der Waals surface area (Å²) in [6.07, 6.45) is 0. The molecule has 2 amide bonds. The van der Waals surface area contributed by atoms with Crippen LogP contribution in [0.25, 0.3) is 0 Å². The van der Waals surface area contributed by atoms with E-state index in [1.54, 1.807) is 19.9 Å². The standard InChI is InChI=1S/C15H18N2O2/c1-4-16-9-12-6-5-7-13(8-12)17-14(18)10(2)11(3)15(17)19/h5-8,16H,4,9H2,1-3H3. The number of hydrogen-bond acceptors (Lipinski definition) is 3. The first-order chi connectivity index (χ1) is 9.06. The molecule has 1 aliphatic rings. The molecule has 1 aromatic rings. The highest BCUT2D eigenvalue weighted by atomic mass is 16.2. The first-order valence-electron chi connectivity index (χ1n) is 6.42. The summed E-state index contributed by atoms with van der Waals surface area (Å²) in [5, 5.41) is 3.22. The number of hydrogen-bond donors (Lipinski definition) is 1. The van der Waals surface area contributed by atoms with Gasteiger partial charge in [0.05, 0.1) is 5.69 Å². The van der Waals surface area contributed by atoms with E-state index < -0.39 is 0 Å². The molecule has 0 radical (unpaired) electrons. The van der Waals surface area contributed by atoms with E-state index in [1.165, 1.54) is 4.90 Å². The zero-order valence-corrected chi connectivity index (χ0v) is 11.5. The molecule has 1 aliphatic heterocycles. The van der Waals surface area contributed by atoms with Crippen molar-refractivity contribution in [3.63, 3.8) is 0 Å². The van der Waals surface area contributed by atoms with Crippen LogP contribution < -0.4 is 10.2 Å². The van der Waals surface area contributed by atoms with E-state index in [0.29, 0.717) is 16.8 Å². The Kier molecular flexibility index (Phi) is 3.81. The van der Waals surface area contributed by atoms with Crippen LogP contribution in [0.1, 0.15) is 26.3 Å². The summed E-state index contributed by atoms with van der Waals surface area (Å²) in [5.74, 6) is -0.439. The molecule has 0 saturated heterocycles. The number of anilines is 1. The first kappa shape index (κ1) is 13.5. The van der Waals surface area contributed by atoms with Crippen LogP contribution in [-0.4, -0.2) is 18.4 Å². The van der Waals surface area contributed by atoms with Crippen molar-refractivity contribution in [2.24, 2.45) is 0 Å². The number of rotatable bonds is 4. The molecular weight excluding hydrogens is 240 g/mol. The van der Waals surface area contributed by atoms with Crippen molar-refractivity contribution in [2.45, 2.75) is 27.3 Å². The van der Waals surface area contributed by atoms with Crippen molar-refractivity contribution >= 4 is 17.5 Å². The van der Waals surface area contributed by atoms with Gasteiger partial charge >= 0.3 is 0 Å². The third-order valence-corrected chi connectivity index (χ3v) is 3.36. The molecule has 100 valence electrons. The van der Waals surface area contributed by atoms with E-state index in [0.717, 1.165) is 18.7 Å². The summed E-state index contributed by atoms with van der Waals surface area (Å²) in [5.41, 5.74) is 2.76. The SMILES string of the molecule is CCNCc1cccc(N2C(=O)C(C)=C(C)C2=O)c1. The number of benzene rings is 1. The highest BCUT2D eigenvalue weighted by Gasteiger charge is 2.34. The molecular formula is C15H18N2O2. The van der Waals surface area contributed by atoms with Gasteiger partial charge in [0.15, 0.2) is 0 Å². The molecule has 0 aliphatic carbocycles. The van der Waals surface area contributed by atoms with E-state index >= 15 is 0 Å². The minimum atomic E-state index is -0.219. The van der Waals surface area contributed by atoms with Gasteiger partial charge in [0.25, 0.3) is 11.8 Å². The average molecular weight is 258 g/mol. The smallest absolute Gasteiger partial charge is 0.261 e. The van der Waals surface area contributed by atoms with Crippen LogP contribution in [0.5, 0.6) is 0 Å². The fourth-order valence-electron chi connectivity index (χ4n) is 2.06. The highest BCUT2D eigenvalue weighted by molar-refractivity contribution is 6.32. The van der Waals surface area contributed by atoms with Crippen LogP contribution in [0.2, 0.25) is 0 Å². The largest absolute Gasteiger partial charge is 0.313 e. The fourth-order valence-corrected chi connectivity index (χ4v) is 2.06. The lowest BCUT2D eigenvalue weighted by atomic mass is 10.2. The van der Waals surface area contributed by atoms with Crippen molar-refractivity contribution in [1.29, 1.82) is 0 Å². The van der Waals surface area contributed by atoms with E-state index in [-0.39, 0.29) is 11.8 Å². The lowest BCUT2D eigenvalue weighted by Crippen LogP contribution is -2.31. The lowest BCUT2D eigenvalue weighted by molar-refractivity contribution is -0.120. The zero-order chi connectivity index (χ0) is 14.0. The second-order valence-corrected chi connectivity index (χ2v) is 4.65. The van der Waals surface area contributed by atoms with Crippen LogP contribution in [0, 0.1) is 0 Å². The summed E-state index contributed by atoms with van der Waals surface area (Å²) >= 11 is 0. The van der Waals surface area contributed by atoms with Gasteiger partial charge in [-0.2, -0.15) is 0 Å². The summed E-state index contributed by atoms with van der Waals surface area (Å²) in [6.45, 7) is 7.03. The second-order valence-electron chi connectivity index (χ2n) is 4.65. The maximum absolute atomic E-state index is 12.1. The molecule has 1 N–H and O–H groups in total. The minimum Gasteiger partial charge on any atom is -0.313 e. The monoisotopic (exact) mass is 258 g/mol. The number of imide groups is 1. The molecule has 4 heteroatoms. The molecule has 19 heavy (non-hydrogen) atoms. The van der Waals surface area contributed by atoms with Crippen molar-refractivity contribution in [2.75, 3.05) is 11.4 Å². The number of nitrogens with zero attached hydrogens (tertiary/aromatic N) is 1. The van der Waals surface area contributed by atoms with Crippen LogP contribution >= 0.6 is 0 Å². The quantitative estimate of drug-likeness (QED) is 0.840. The van der Waals surface area contributed by atoms with E-state index in [2.05, 4.69) is 5.32 Å². The van der Waals surface area contributed by atoms with Crippen LogP contribution in [0.3, 0.4) is 0 Å². The maximum atomic E-state index is 12.1. The average Bonchev–Trinajstić information content (AvgIpc) is 2.61. The van der Waals surface area contributed by atoms with Crippen molar-refractivity contribution < 1.29 is 9.59 Å². The van der Waals surface area contributed by atoms with Gasteiger partial charge in [0.1, 0.15) is 0 Å². The van der Waals surface area contributed by atoms with Crippen molar-refractivity contribution in [3.05, 3.63) is 41.0 Å². The Labute approximate surface area is 113 Å². The Morgan fingerprint density at radius 2 is 1.74 bits per heavy atom. The van der Waals surface area contributed by atoms with E-state index in [4.69, 9.17) is 0 Å². The molecule has 0 saturated carbocycles. The molecule has 0 spiro atoms. The summed E-state index contributed by atoms with van der Waals surface area (Å²) in [7, 11) is 0. The Bertz CT molecular complexity index is 537. The Morgan fingerprint density at radius 1 is 1.11 bits per heavy atom. The molecule has 2 rings (SSSR count). The summed E-state index contributed by atoms with van der Waals surface area (Å²) in [6, 6.07) is 7.51. The van der Waals surface area contributed by atoms with E-state index in [1.807, 2.05) is 25.1 Å². The molecule has 0 fully saturated rings. The van der Waals surface area contributed by atoms with Crippen molar-refractivity contribution in [3.8, 4) is 0 Å². The van der Waals surface area contributed by atoms with Crippen LogP contribution in [0.15, 0.2) is 35.4 Å². The van der Waals surface area contributed by atoms with E-state index in [9.17, 15) is 9.59 Å². The summed E-state index contributed by atoms with van der Waals surface area (Å²) in [4.78, 5) is 25.4. The Balaban J connectivity index is 2.29. The van der Waals surface area contributed by atoms with Gasteiger partial charge in [-0.15, -0.1) is 0 Å². The number of carbonyl (C=O) groups excluding carboxylic acids is 2. The number of nitrogens with one attached hydrogen (secondary N) is 1. The van der Waals surface area contributed by atoms with Gasteiger partial charge < -0.3 is 5.32 Å². The third kappa shape index (κ3) is 2.44. The summed E-state index contributed by atoms with van der Waals surface area (Å²) < 4.78 is 0. The van der Waals surface area contributed by atoms with Gasteiger partial charge in [0, 0.05) is 17.7 Å². The van der Waals surface area contributed by atoms with Gasteiger partial charge in [-0.05, 0) is 38.1 Å². The minimum absolute atomic E-state index is 0.219. The van der Waals surface area contributed by atoms with Gasteiger partial charge in [-0.3, -0.25) is 9.59 Å². The maximum Gasteiger partial charge on any atom is 0.261 e. The highest BCUT2D eigenvalue weighted by Crippen LogP contribution is 2.27. The topological polar surface area (TPSA) is 49.4 Å². The van der Waals surface area contributed by atoms with Crippen LogP contribution in [-0.2, 0) is 16.1 Å². The normalized spacial score (nSPS) is 15.6.